The molecule has 2 saturated heterocycles. The van der Waals surface area contributed by atoms with E-state index in [1.807, 2.05) is 0 Å². The zero-order valence-corrected chi connectivity index (χ0v) is 45.2. The second-order valence-electron chi connectivity index (χ2n) is 20.4. The third-order valence-electron chi connectivity index (χ3n) is 13.9. The Labute approximate surface area is 436 Å². The fraction of sp³-hybridized carbons (Fsp3) is 0.879. The zero-order chi connectivity index (χ0) is 52.3. The summed E-state index contributed by atoms with van der Waals surface area (Å²) in [4.78, 5) is 13.1. The van der Waals surface area contributed by atoms with E-state index >= 15 is 0 Å². The van der Waals surface area contributed by atoms with E-state index in [0.717, 1.165) is 70.6 Å². The summed E-state index contributed by atoms with van der Waals surface area (Å²) in [6, 6.07) is 0. The van der Waals surface area contributed by atoms with Crippen LogP contribution in [0.15, 0.2) is 36.5 Å². The quantitative estimate of drug-likeness (QED) is 0.0172. The highest BCUT2D eigenvalue weighted by atomic mass is 16.7. The summed E-state index contributed by atoms with van der Waals surface area (Å²) >= 11 is 0. The third-order valence-corrected chi connectivity index (χ3v) is 13.9. The van der Waals surface area contributed by atoms with Crippen molar-refractivity contribution in [2.45, 2.75) is 293 Å². The Bertz CT molecular complexity index is 1330. The van der Waals surface area contributed by atoms with Crippen LogP contribution in [0.5, 0.6) is 0 Å². The van der Waals surface area contributed by atoms with Crippen LogP contribution in [-0.4, -0.2) is 142 Å². The van der Waals surface area contributed by atoms with Crippen molar-refractivity contribution in [1.82, 2.24) is 0 Å². The molecule has 2 aliphatic heterocycles. The molecule has 0 saturated carbocycles. The molecule has 72 heavy (non-hydrogen) atoms. The van der Waals surface area contributed by atoms with Crippen molar-refractivity contribution in [2.24, 2.45) is 0 Å². The Morgan fingerprint density at radius 2 is 0.903 bits per heavy atom. The third kappa shape index (κ3) is 31.9. The van der Waals surface area contributed by atoms with Crippen LogP contribution < -0.4 is 0 Å². The molecule has 0 aromatic carbocycles. The Kier molecular flexibility index (Phi) is 41.8. The summed E-state index contributed by atoms with van der Waals surface area (Å²) in [6.07, 6.45) is 36.5. The molecule has 14 heteroatoms. The highest BCUT2D eigenvalue weighted by molar-refractivity contribution is 5.69. The van der Waals surface area contributed by atoms with Gasteiger partial charge in [-0.05, 0) is 44.9 Å². The Balaban J connectivity index is 1.68. The highest BCUT2D eigenvalue weighted by Gasteiger charge is 2.47. The first-order valence-corrected chi connectivity index (χ1v) is 29.1. The molecule has 0 amide bonds. The van der Waals surface area contributed by atoms with E-state index in [2.05, 4.69) is 50.3 Å². The van der Waals surface area contributed by atoms with Gasteiger partial charge in [0.15, 0.2) is 12.6 Å². The Morgan fingerprint density at radius 3 is 1.42 bits per heavy atom. The number of unbranched alkanes of at least 4 members (excludes halogenated alkanes) is 27. The van der Waals surface area contributed by atoms with Crippen molar-refractivity contribution >= 4 is 5.97 Å². The summed E-state index contributed by atoms with van der Waals surface area (Å²) < 4.78 is 34.3. The lowest BCUT2D eigenvalue weighted by molar-refractivity contribution is -0.332. The number of esters is 1. The van der Waals surface area contributed by atoms with Crippen molar-refractivity contribution in [3.8, 4) is 0 Å². The summed E-state index contributed by atoms with van der Waals surface area (Å²) in [7, 11) is 0. The van der Waals surface area contributed by atoms with Gasteiger partial charge in [0, 0.05) is 13.0 Å². The average molecular weight is 1030 g/mol. The van der Waals surface area contributed by atoms with Crippen LogP contribution in [0.2, 0.25) is 0 Å². The number of hydrogen-bond acceptors (Lipinski definition) is 14. The number of carbonyl (C=O) groups excluding carboxylic acids is 1. The minimum absolute atomic E-state index is 0.0489. The monoisotopic (exact) mass is 1030 g/mol. The van der Waals surface area contributed by atoms with E-state index in [9.17, 15) is 40.5 Å². The van der Waals surface area contributed by atoms with Gasteiger partial charge in [-0.2, -0.15) is 0 Å². The minimum Gasteiger partial charge on any atom is -0.457 e. The van der Waals surface area contributed by atoms with Crippen molar-refractivity contribution in [2.75, 3.05) is 33.0 Å². The molecule has 11 unspecified atom stereocenters. The van der Waals surface area contributed by atoms with Crippen LogP contribution in [0.4, 0.5) is 0 Å². The van der Waals surface area contributed by atoms with Gasteiger partial charge in [0.25, 0.3) is 0 Å². The highest BCUT2D eigenvalue weighted by Crippen LogP contribution is 2.27. The molecule has 0 aromatic rings. The van der Waals surface area contributed by atoms with E-state index in [0.29, 0.717) is 13.0 Å². The molecule has 0 bridgehead atoms. The molecule has 422 valence electrons. The SMILES string of the molecule is CC/C=C\C/C=C\C/C=C\CCCCCCOCC(COC1OC(COC2OC(CO)C(O)C(O)C2O)C(O)C(O)C1O)OC(=O)CCCCCCCCCCCCCCCCCCCCCCCCCC. The van der Waals surface area contributed by atoms with Gasteiger partial charge in [-0.15, -0.1) is 0 Å². The van der Waals surface area contributed by atoms with E-state index in [1.54, 1.807) is 0 Å². The molecule has 0 spiro atoms. The smallest absolute Gasteiger partial charge is 0.306 e. The lowest BCUT2D eigenvalue weighted by Gasteiger charge is -2.42. The zero-order valence-electron chi connectivity index (χ0n) is 45.2. The first-order chi connectivity index (χ1) is 35.1. The molecule has 0 radical (unpaired) electrons. The van der Waals surface area contributed by atoms with Crippen molar-refractivity contribution < 1.29 is 69.0 Å². The number of aliphatic hydroxyl groups is 7. The Hall–Kier alpha value is -1.79. The van der Waals surface area contributed by atoms with Gasteiger partial charge in [-0.1, -0.05) is 211 Å². The molecule has 0 aliphatic carbocycles. The van der Waals surface area contributed by atoms with Crippen LogP contribution in [0.1, 0.15) is 226 Å². The van der Waals surface area contributed by atoms with Gasteiger partial charge in [-0.3, -0.25) is 4.79 Å². The lowest BCUT2D eigenvalue weighted by Crippen LogP contribution is -2.61. The van der Waals surface area contributed by atoms with Gasteiger partial charge in [0.05, 0.1) is 26.4 Å². The summed E-state index contributed by atoms with van der Waals surface area (Å²) in [5.74, 6) is -0.380. The van der Waals surface area contributed by atoms with Gasteiger partial charge in [-0.25, -0.2) is 0 Å². The molecular formula is C58H106O14. The molecule has 2 heterocycles. The summed E-state index contributed by atoms with van der Waals surface area (Å²) in [6.45, 7) is 3.56. The molecule has 2 fully saturated rings. The van der Waals surface area contributed by atoms with Crippen LogP contribution in [0, 0.1) is 0 Å². The van der Waals surface area contributed by atoms with E-state index in [4.69, 9.17) is 28.4 Å². The average Bonchev–Trinajstić information content (AvgIpc) is 3.38. The van der Waals surface area contributed by atoms with Gasteiger partial charge in [0.2, 0.25) is 0 Å². The first-order valence-electron chi connectivity index (χ1n) is 29.1. The van der Waals surface area contributed by atoms with Gasteiger partial charge >= 0.3 is 5.97 Å². The van der Waals surface area contributed by atoms with E-state index in [-0.39, 0.29) is 25.6 Å². The molecule has 14 nitrogen and oxygen atoms in total. The predicted molar refractivity (Wildman–Crippen MR) is 284 cm³/mol. The van der Waals surface area contributed by atoms with Gasteiger partial charge in [0.1, 0.15) is 54.9 Å². The summed E-state index contributed by atoms with van der Waals surface area (Å²) in [5.41, 5.74) is 0. The number of aliphatic hydroxyl groups excluding tert-OH is 7. The number of allylic oxidation sites excluding steroid dienone is 6. The molecule has 0 aromatic heterocycles. The lowest BCUT2D eigenvalue weighted by atomic mass is 9.98. The standard InChI is InChI=1S/C58H106O14/c1-3-5-7-9-11-13-15-17-19-20-21-22-23-24-25-26-27-28-29-31-33-35-37-39-41-50(60)70-47(44-67-42-40-38-36-34-32-30-18-16-14-12-10-8-6-4-2)45-68-57-56(66)54(64)52(62)49(72-57)46-69-58-55(65)53(63)51(61)48(43-59)71-58/h6,8,12,14,18,30,47-49,51-59,61-66H,3-5,7,9-11,13,15-17,19-29,31-46H2,1-2H3/b8-6-,14-12-,30-18-. The molecule has 7 N–H and O–H groups in total. The van der Waals surface area contributed by atoms with Crippen LogP contribution in [0.25, 0.3) is 0 Å². The maximum Gasteiger partial charge on any atom is 0.306 e. The van der Waals surface area contributed by atoms with Crippen LogP contribution in [0.3, 0.4) is 0 Å². The molecule has 2 aliphatic rings. The molecular weight excluding hydrogens is 921 g/mol. The van der Waals surface area contributed by atoms with E-state index < -0.39 is 80.7 Å². The molecule has 11 atom stereocenters. The maximum absolute atomic E-state index is 13.1. The maximum atomic E-state index is 13.1. The number of ether oxygens (including phenoxy) is 6. The van der Waals surface area contributed by atoms with Gasteiger partial charge < -0.3 is 64.2 Å². The minimum atomic E-state index is -1.71. The first kappa shape index (κ1) is 66.3. The fourth-order valence-electron chi connectivity index (χ4n) is 9.24. The topological polar surface area (TPSA) is 214 Å². The number of rotatable bonds is 47. The second-order valence-corrected chi connectivity index (χ2v) is 20.4. The number of carbonyl (C=O) groups is 1. The summed E-state index contributed by atoms with van der Waals surface area (Å²) in [5, 5.41) is 72.3. The Morgan fingerprint density at radius 1 is 0.472 bits per heavy atom. The van der Waals surface area contributed by atoms with Crippen LogP contribution in [-0.2, 0) is 33.2 Å². The van der Waals surface area contributed by atoms with Crippen molar-refractivity contribution in [3.63, 3.8) is 0 Å². The second kappa shape index (κ2) is 45.4. The number of hydrogen-bond donors (Lipinski definition) is 7. The van der Waals surface area contributed by atoms with Crippen LogP contribution >= 0.6 is 0 Å². The van der Waals surface area contributed by atoms with E-state index in [1.165, 1.54) is 128 Å². The normalized spacial score (nSPS) is 25.3. The predicted octanol–water partition coefficient (Wildman–Crippen LogP) is 10.1. The molecule has 2 rings (SSSR count). The van der Waals surface area contributed by atoms with Crippen molar-refractivity contribution in [1.29, 1.82) is 0 Å². The fourth-order valence-corrected chi connectivity index (χ4v) is 9.24. The van der Waals surface area contributed by atoms with Crippen molar-refractivity contribution in [3.05, 3.63) is 36.5 Å². The largest absolute Gasteiger partial charge is 0.457 e.